The van der Waals surface area contributed by atoms with Gasteiger partial charge in [0.1, 0.15) is 0 Å². The van der Waals surface area contributed by atoms with Gasteiger partial charge in [-0.1, -0.05) is 64.7 Å². The minimum absolute atomic E-state index is 0.0932. The molecule has 156 valence electrons. The summed E-state index contributed by atoms with van der Waals surface area (Å²) in [6.45, 7) is 2.15. The van der Waals surface area contributed by atoms with E-state index in [9.17, 15) is 22.9 Å². The Bertz CT molecular complexity index is 449. The van der Waals surface area contributed by atoms with Gasteiger partial charge in [-0.05, 0) is 25.7 Å². The molecule has 2 N–H and O–H groups in total. The van der Waals surface area contributed by atoms with Gasteiger partial charge in [-0.15, -0.1) is 0 Å². The number of rotatable bonds is 17. The number of ether oxygens (including phenoxy) is 1. The van der Waals surface area contributed by atoms with Crippen LogP contribution in [-0.4, -0.2) is 42.5 Å². The van der Waals surface area contributed by atoms with Gasteiger partial charge in [0.15, 0.2) is 0 Å². The van der Waals surface area contributed by atoms with Crippen molar-refractivity contribution in [2.45, 2.75) is 108 Å². The molecule has 0 aliphatic rings. The van der Waals surface area contributed by atoms with Crippen LogP contribution < -0.4 is 0 Å². The van der Waals surface area contributed by atoms with E-state index >= 15 is 0 Å². The third kappa shape index (κ3) is 14.5. The largest absolute Gasteiger partial charge is 0.469 e. The highest BCUT2D eigenvalue weighted by Gasteiger charge is 2.25. The molecule has 0 aromatic carbocycles. The highest BCUT2D eigenvalue weighted by atomic mass is 32.2. The summed E-state index contributed by atoms with van der Waals surface area (Å²) >= 11 is 0. The van der Waals surface area contributed by atoms with E-state index in [0.717, 1.165) is 51.4 Å². The van der Waals surface area contributed by atoms with E-state index in [0.29, 0.717) is 19.3 Å². The second-order valence-corrected chi connectivity index (χ2v) is 8.81. The monoisotopic (exact) mass is 394 g/mol. The Morgan fingerprint density at radius 2 is 1.46 bits per heavy atom. The normalized spacial score (nSPS) is 14.2. The number of carbonyl (C=O) groups excluding carboxylic acids is 1. The molecule has 0 aromatic heterocycles. The topological polar surface area (TPSA) is 101 Å². The van der Waals surface area contributed by atoms with Gasteiger partial charge in [-0.25, -0.2) is 0 Å². The number of aliphatic hydroxyl groups excluding tert-OH is 1. The van der Waals surface area contributed by atoms with Crippen LogP contribution >= 0.6 is 0 Å². The van der Waals surface area contributed by atoms with Crippen LogP contribution in [-0.2, 0) is 19.6 Å². The number of aliphatic hydroxyl groups is 1. The third-order valence-electron chi connectivity index (χ3n) is 4.73. The maximum atomic E-state index is 11.5. The molecule has 0 amide bonds. The van der Waals surface area contributed by atoms with Crippen molar-refractivity contribution in [2.75, 3.05) is 7.11 Å². The van der Waals surface area contributed by atoms with Crippen LogP contribution in [0.1, 0.15) is 96.8 Å². The van der Waals surface area contributed by atoms with Crippen LogP contribution in [0.4, 0.5) is 0 Å². The maximum absolute atomic E-state index is 11.5. The first-order valence-corrected chi connectivity index (χ1v) is 11.5. The number of hydrogen-bond acceptors (Lipinski definition) is 5. The number of methoxy groups -OCH3 is 1. The molecule has 0 saturated carbocycles. The summed E-state index contributed by atoms with van der Waals surface area (Å²) in [5.74, 6) is -0.212. The lowest BCUT2D eigenvalue weighted by Crippen LogP contribution is -2.26. The molecule has 2 unspecified atom stereocenters. The SMILES string of the molecule is CCCCCCCCC(CC(O)CCCCCCC(=O)OC)S(=O)(=O)O. The molecule has 0 fully saturated rings. The van der Waals surface area contributed by atoms with E-state index in [2.05, 4.69) is 11.7 Å². The zero-order valence-electron chi connectivity index (χ0n) is 16.5. The lowest BCUT2D eigenvalue weighted by Gasteiger charge is -2.18. The Kier molecular flexibility index (Phi) is 15.0. The first kappa shape index (κ1) is 25.3. The summed E-state index contributed by atoms with van der Waals surface area (Å²) < 4.78 is 37.1. The van der Waals surface area contributed by atoms with Crippen LogP contribution in [0.15, 0.2) is 0 Å². The van der Waals surface area contributed by atoms with Gasteiger partial charge in [0, 0.05) is 6.42 Å². The van der Waals surface area contributed by atoms with Crippen LogP contribution in [0.3, 0.4) is 0 Å². The molecule has 0 radical (unpaired) electrons. The number of hydrogen-bond donors (Lipinski definition) is 2. The number of esters is 1. The molecule has 0 spiro atoms. The van der Waals surface area contributed by atoms with Gasteiger partial charge in [-0.2, -0.15) is 8.42 Å². The molecule has 7 heteroatoms. The van der Waals surface area contributed by atoms with E-state index in [1.807, 2.05) is 0 Å². The van der Waals surface area contributed by atoms with Crippen molar-refractivity contribution in [3.63, 3.8) is 0 Å². The van der Waals surface area contributed by atoms with Gasteiger partial charge in [0.05, 0.1) is 18.5 Å². The van der Waals surface area contributed by atoms with Gasteiger partial charge >= 0.3 is 5.97 Å². The summed E-state index contributed by atoms with van der Waals surface area (Å²) in [4.78, 5) is 11.0. The molecule has 0 aromatic rings. The second kappa shape index (κ2) is 15.4. The second-order valence-electron chi connectivity index (χ2n) is 7.11. The fourth-order valence-electron chi connectivity index (χ4n) is 3.07. The van der Waals surface area contributed by atoms with Gasteiger partial charge in [-0.3, -0.25) is 9.35 Å². The average molecular weight is 395 g/mol. The average Bonchev–Trinajstić information content (AvgIpc) is 2.58. The lowest BCUT2D eigenvalue weighted by atomic mass is 10.0. The predicted octanol–water partition coefficient (Wildman–Crippen LogP) is 4.26. The third-order valence-corrected chi connectivity index (χ3v) is 6.00. The highest BCUT2D eigenvalue weighted by Crippen LogP contribution is 2.19. The minimum atomic E-state index is -4.12. The number of unbranched alkanes of at least 4 members (excludes halogenated alkanes) is 8. The van der Waals surface area contributed by atoms with Crippen molar-refractivity contribution in [3.8, 4) is 0 Å². The predicted molar refractivity (Wildman–Crippen MR) is 104 cm³/mol. The molecule has 0 rings (SSSR count). The van der Waals surface area contributed by atoms with Gasteiger partial charge in [0.2, 0.25) is 0 Å². The Hall–Kier alpha value is -0.660. The fraction of sp³-hybridized carbons (Fsp3) is 0.947. The molecule has 26 heavy (non-hydrogen) atoms. The lowest BCUT2D eigenvalue weighted by molar-refractivity contribution is -0.140. The highest BCUT2D eigenvalue weighted by molar-refractivity contribution is 7.86. The first-order chi connectivity index (χ1) is 12.3. The first-order valence-electron chi connectivity index (χ1n) is 10.0. The van der Waals surface area contributed by atoms with Crippen molar-refractivity contribution in [1.29, 1.82) is 0 Å². The van der Waals surface area contributed by atoms with Gasteiger partial charge < -0.3 is 9.84 Å². The molecule has 0 bridgehead atoms. The molecule has 0 saturated heterocycles. The number of carbonyl (C=O) groups is 1. The fourth-order valence-corrected chi connectivity index (χ4v) is 4.00. The molecule has 0 aliphatic carbocycles. The van der Waals surface area contributed by atoms with Gasteiger partial charge in [0.25, 0.3) is 10.1 Å². The van der Waals surface area contributed by atoms with Crippen LogP contribution in [0.5, 0.6) is 0 Å². The van der Waals surface area contributed by atoms with E-state index in [-0.39, 0.29) is 12.4 Å². The zero-order chi connectivity index (χ0) is 19.8. The van der Waals surface area contributed by atoms with Crippen molar-refractivity contribution in [2.24, 2.45) is 0 Å². The van der Waals surface area contributed by atoms with E-state index in [1.54, 1.807) is 0 Å². The Morgan fingerprint density at radius 3 is 2.04 bits per heavy atom. The summed E-state index contributed by atoms with van der Waals surface area (Å²) in [5, 5.41) is 9.22. The Morgan fingerprint density at radius 1 is 0.923 bits per heavy atom. The van der Waals surface area contributed by atoms with Crippen LogP contribution in [0, 0.1) is 0 Å². The summed E-state index contributed by atoms with van der Waals surface area (Å²) in [6.07, 6.45) is 10.3. The van der Waals surface area contributed by atoms with Crippen molar-refractivity contribution in [1.82, 2.24) is 0 Å². The summed E-state index contributed by atoms with van der Waals surface area (Å²) in [5.41, 5.74) is 0. The minimum Gasteiger partial charge on any atom is -0.469 e. The molecule has 0 aliphatic heterocycles. The standard InChI is InChI=1S/C19H38O6S/c1-3-4-5-6-7-11-14-18(26(22,23)24)16-17(20)13-10-8-9-12-15-19(21)25-2/h17-18,20H,3-16H2,1-2H3,(H,22,23,24). The smallest absolute Gasteiger partial charge is 0.305 e. The van der Waals surface area contributed by atoms with Crippen LogP contribution in [0.2, 0.25) is 0 Å². The van der Waals surface area contributed by atoms with Crippen molar-refractivity contribution < 1.29 is 27.6 Å². The molecule has 2 atom stereocenters. The Balaban J connectivity index is 3.97. The van der Waals surface area contributed by atoms with E-state index in [1.165, 1.54) is 20.0 Å². The molecule has 0 heterocycles. The van der Waals surface area contributed by atoms with E-state index < -0.39 is 21.5 Å². The maximum Gasteiger partial charge on any atom is 0.305 e. The van der Waals surface area contributed by atoms with Crippen LogP contribution in [0.25, 0.3) is 0 Å². The quantitative estimate of drug-likeness (QED) is 0.217. The summed E-state index contributed by atoms with van der Waals surface area (Å²) in [6, 6.07) is 0. The molecular weight excluding hydrogens is 356 g/mol. The van der Waals surface area contributed by atoms with E-state index in [4.69, 9.17) is 0 Å². The molecular formula is C19H38O6S. The summed E-state index contributed by atoms with van der Waals surface area (Å²) in [7, 11) is -2.75. The Labute approximate surface area is 159 Å². The zero-order valence-corrected chi connectivity index (χ0v) is 17.3. The van der Waals surface area contributed by atoms with Crippen molar-refractivity contribution in [3.05, 3.63) is 0 Å². The molecule has 6 nitrogen and oxygen atoms in total. The van der Waals surface area contributed by atoms with Crippen molar-refractivity contribution >= 4 is 16.1 Å².